The van der Waals surface area contributed by atoms with Crippen LogP contribution in [0.3, 0.4) is 0 Å². The number of nitrogens with zero attached hydrogens (tertiary/aromatic N) is 1. The SMILES string of the molecule is N#CCC(CO)C12CC=C3C4=C(CC[C@H]3[C@@H]1CCC2)CC1(CC4)OCCO1. The standard InChI is InChI=1S/C23H31NO3/c24-11-7-17(15-25)22-8-1-2-21(22)20-4-3-16-14-23(26-12-13-27-23)10-6-18(16)19(20)5-9-22/h5,17,20-21,25H,1-4,6-10,12-15H2/t17?,20-,21+,22?/m1/s1. The molecular weight excluding hydrogens is 338 g/mol. The molecule has 1 heterocycles. The van der Waals surface area contributed by atoms with Crippen LogP contribution < -0.4 is 0 Å². The van der Waals surface area contributed by atoms with Gasteiger partial charge in [-0.15, -0.1) is 0 Å². The summed E-state index contributed by atoms with van der Waals surface area (Å²) in [5.41, 5.74) is 4.95. The molecule has 0 amide bonds. The van der Waals surface area contributed by atoms with Crippen LogP contribution in [0.2, 0.25) is 0 Å². The minimum Gasteiger partial charge on any atom is -0.396 e. The van der Waals surface area contributed by atoms with Gasteiger partial charge in [-0.25, -0.2) is 0 Å². The summed E-state index contributed by atoms with van der Waals surface area (Å²) >= 11 is 0. The quantitative estimate of drug-likeness (QED) is 0.807. The maximum Gasteiger partial charge on any atom is 0.172 e. The van der Waals surface area contributed by atoms with Gasteiger partial charge in [0.1, 0.15) is 0 Å². The van der Waals surface area contributed by atoms with Crippen LogP contribution in [0.15, 0.2) is 22.8 Å². The van der Waals surface area contributed by atoms with Crippen molar-refractivity contribution < 1.29 is 14.6 Å². The lowest BCUT2D eigenvalue weighted by Gasteiger charge is -2.51. The molecular formula is C23H31NO3. The van der Waals surface area contributed by atoms with Crippen LogP contribution >= 0.6 is 0 Å². The second-order valence-electron chi connectivity index (χ2n) is 9.35. The first-order valence-electron chi connectivity index (χ1n) is 10.9. The van der Waals surface area contributed by atoms with E-state index in [0.29, 0.717) is 18.3 Å². The van der Waals surface area contributed by atoms with Gasteiger partial charge in [-0.1, -0.05) is 18.1 Å². The van der Waals surface area contributed by atoms with Crippen LogP contribution in [0.4, 0.5) is 0 Å². The number of hydrogen-bond donors (Lipinski definition) is 1. The first-order valence-corrected chi connectivity index (χ1v) is 10.9. The molecule has 4 nitrogen and oxygen atoms in total. The number of allylic oxidation sites excluding steroid dienone is 3. The van der Waals surface area contributed by atoms with Crippen molar-refractivity contribution in [3.63, 3.8) is 0 Å². The van der Waals surface area contributed by atoms with Gasteiger partial charge in [-0.05, 0) is 66.9 Å². The van der Waals surface area contributed by atoms with E-state index in [4.69, 9.17) is 9.47 Å². The number of ether oxygens (including phenoxy) is 2. The smallest absolute Gasteiger partial charge is 0.172 e. The summed E-state index contributed by atoms with van der Waals surface area (Å²) in [6.07, 6.45) is 13.2. The van der Waals surface area contributed by atoms with Crippen molar-refractivity contribution in [3.05, 3.63) is 22.8 Å². The Labute approximate surface area is 162 Å². The number of hydrogen-bond acceptors (Lipinski definition) is 4. The average Bonchev–Trinajstić information content (AvgIpc) is 3.33. The molecule has 5 rings (SSSR count). The molecule has 2 unspecified atom stereocenters. The van der Waals surface area contributed by atoms with Crippen LogP contribution in [0, 0.1) is 34.5 Å². The molecule has 1 saturated heterocycles. The summed E-state index contributed by atoms with van der Waals surface area (Å²) in [7, 11) is 0. The van der Waals surface area contributed by atoms with E-state index in [1.807, 2.05) is 0 Å². The van der Waals surface area contributed by atoms with Gasteiger partial charge in [0.2, 0.25) is 0 Å². The van der Waals surface area contributed by atoms with Crippen molar-refractivity contribution in [2.45, 2.75) is 70.0 Å². The molecule has 4 atom stereocenters. The van der Waals surface area contributed by atoms with Crippen molar-refractivity contribution in [2.24, 2.45) is 23.2 Å². The predicted molar refractivity (Wildman–Crippen MR) is 102 cm³/mol. The van der Waals surface area contributed by atoms with Crippen molar-refractivity contribution in [1.29, 1.82) is 5.26 Å². The third kappa shape index (κ3) is 2.66. The van der Waals surface area contributed by atoms with Gasteiger partial charge < -0.3 is 14.6 Å². The van der Waals surface area contributed by atoms with E-state index in [1.54, 1.807) is 16.7 Å². The Balaban J connectivity index is 1.46. The zero-order chi connectivity index (χ0) is 18.5. The third-order valence-corrected chi connectivity index (χ3v) is 8.44. The highest BCUT2D eigenvalue weighted by Gasteiger charge is 2.54. The predicted octanol–water partition coefficient (Wildman–Crippen LogP) is 4.26. The molecule has 0 aromatic rings. The van der Waals surface area contributed by atoms with E-state index < -0.39 is 0 Å². The number of nitriles is 1. The lowest BCUT2D eigenvalue weighted by Crippen LogP contribution is -2.44. The van der Waals surface area contributed by atoms with Gasteiger partial charge in [-0.2, -0.15) is 5.26 Å². The van der Waals surface area contributed by atoms with Crippen molar-refractivity contribution in [1.82, 2.24) is 0 Å². The maximum absolute atomic E-state index is 10.0. The van der Waals surface area contributed by atoms with E-state index in [9.17, 15) is 10.4 Å². The first-order chi connectivity index (χ1) is 13.2. The fourth-order valence-electron chi connectivity index (χ4n) is 7.26. The molecule has 5 aliphatic rings. The fourth-order valence-corrected chi connectivity index (χ4v) is 7.26. The van der Waals surface area contributed by atoms with Crippen LogP contribution in [0.25, 0.3) is 0 Å². The molecule has 27 heavy (non-hydrogen) atoms. The molecule has 0 bridgehead atoms. The Morgan fingerprint density at radius 2 is 2.07 bits per heavy atom. The lowest BCUT2D eigenvalue weighted by molar-refractivity contribution is -0.164. The summed E-state index contributed by atoms with van der Waals surface area (Å²) < 4.78 is 12.0. The van der Waals surface area contributed by atoms with Crippen LogP contribution in [-0.2, 0) is 9.47 Å². The molecule has 146 valence electrons. The lowest BCUT2D eigenvalue weighted by atomic mass is 9.54. The summed E-state index contributed by atoms with van der Waals surface area (Å²) in [5, 5.41) is 19.3. The topological polar surface area (TPSA) is 62.5 Å². The molecule has 1 saturated carbocycles. The minimum atomic E-state index is -0.327. The van der Waals surface area contributed by atoms with E-state index >= 15 is 0 Å². The van der Waals surface area contributed by atoms with Crippen molar-refractivity contribution >= 4 is 0 Å². The molecule has 2 fully saturated rings. The van der Waals surface area contributed by atoms with Crippen LogP contribution in [-0.4, -0.2) is 30.7 Å². The van der Waals surface area contributed by atoms with E-state index in [1.165, 1.54) is 32.1 Å². The van der Waals surface area contributed by atoms with E-state index in [-0.39, 0.29) is 23.7 Å². The molecule has 0 aromatic heterocycles. The Kier molecular flexibility index (Phi) is 4.46. The van der Waals surface area contributed by atoms with Gasteiger partial charge in [-0.3, -0.25) is 0 Å². The van der Waals surface area contributed by atoms with Crippen molar-refractivity contribution in [3.8, 4) is 6.07 Å². The minimum absolute atomic E-state index is 0.137. The normalized spacial score (nSPS) is 38.0. The van der Waals surface area contributed by atoms with Crippen LogP contribution in [0.1, 0.15) is 64.2 Å². The molecule has 1 spiro atoms. The maximum atomic E-state index is 10.0. The van der Waals surface area contributed by atoms with Gasteiger partial charge >= 0.3 is 0 Å². The largest absolute Gasteiger partial charge is 0.396 e. The summed E-state index contributed by atoms with van der Waals surface area (Å²) in [4.78, 5) is 0. The highest BCUT2D eigenvalue weighted by atomic mass is 16.7. The molecule has 4 heteroatoms. The molecule has 1 N–H and O–H groups in total. The zero-order valence-corrected chi connectivity index (χ0v) is 16.2. The number of aliphatic hydroxyl groups is 1. The van der Waals surface area contributed by atoms with Gasteiger partial charge in [0.05, 0.1) is 19.3 Å². The highest BCUT2D eigenvalue weighted by Crippen LogP contribution is 2.62. The first kappa shape index (κ1) is 17.9. The Morgan fingerprint density at radius 1 is 1.22 bits per heavy atom. The van der Waals surface area contributed by atoms with E-state index in [2.05, 4.69) is 12.1 Å². The fraction of sp³-hybridized carbons (Fsp3) is 0.783. The second kappa shape index (κ2) is 6.72. The second-order valence-corrected chi connectivity index (χ2v) is 9.35. The number of aliphatic hydroxyl groups excluding tert-OH is 1. The molecule has 1 aliphatic heterocycles. The summed E-state index contributed by atoms with van der Waals surface area (Å²) in [6, 6.07) is 2.35. The number of rotatable bonds is 3. The third-order valence-electron chi connectivity index (χ3n) is 8.44. The monoisotopic (exact) mass is 369 g/mol. The zero-order valence-electron chi connectivity index (χ0n) is 16.2. The summed E-state index contributed by atoms with van der Waals surface area (Å²) in [5.74, 6) is 1.09. The Hall–Kier alpha value is -1.15. The Bertz CT molecular complexity index is 712. The highest BCUT2D eigenvalue weighted by molar-refractivity contribution is 5.44. The molecule has 0 aromatic carbocycles. The Morgan fingerprint density at radius 3 is 2.85 bits per heavy atom. The molecule has 0 radical (unpaired) electrons. The van der Waals surface area contributed by atoms with Gasteiger partial charge in [0, 0.05) is 31.8 Å². The van der Waals surface area contributed by atoms with Crippen molar-refractivity contribution in [2.75, 3.05) is 19.8 Å². The van der Waals surface area contributed by atoms with E-state index in [0.717, 1.165) is 38.9 Å². The summed E-state index contributed by atoms with van der Waals surface area (Å²) in [6.45, 7) is 1.63. The van der Waals surface area contributed by atoms with Gasteiger partial charge in [0.25, 0.3) is 0 Å². The molecule has 4 aliphatic carbocycles. The number of fused-ring (bicyclic) bond motifs is 4. The van der Waals surface area contributed by atoms with Gasteiger partial charge in [0.15, 0.2) is 5.79 Å². The van der Waals surface area contributed by atoms with Crippen LogP contribution in [0.5, 0.6) is 0 Å². The average molecular weight is 370 g/mol.